The van der Waals surface area contributed by atoms with Crippen LogP contribution in [-0.2, 0) is 20.7 Å². The van der Waals surface area contributed by atoms with E-state index in [1.54, 1.807) is 31.2 Å². The molecule has 1 aromatic rings. The van der Waals surface area contributed by atoms with Crippen LogP contribution >= 0.6 is 0 Å². The molecule has 2 rings (SSSR count). The molecule has 2 N–H and O–H groups in total. The minimum absolute atomic E-state index is 0.156. The monoisotopic (exact) mass is 304 g/mol. The zero-order valence-electron chi connectivity index (χ0n) is 12.0. The number of allylic oxidation sites excluding steroid dienone is 1. The summed E-state index contributed by atoms with van der Waals surface area (Å²) in [5, 5.41) is 4.54. The Morgan fingerprint density at radius 2 is 2.09 bits per heavy atom. The van der Waals surface area contributed by atoms with Gasteiger partial charge in [0.15, 0.2) is 6.61 Å². The first-order valence-electron chi connectivity index (χ1n) is 6.78. The number of benzene rings is 1. The number of esters is 1. The molecule has 1 saturated heterocycles. The third-order valence-corrected chi connectivity index (χ3v) is 2.82. The summed E-state index contributed by atoms with van der Waals surface area (Å²) in [7, 11) is 0. The molecular formula is C15H16N2O5. The van der Waals surface area contributed by atoms with Crippen molar-refractivity contribution in [3.63, 3.8) is 0 Å². The van der Waals surface area contributed by atoms with Gasteiger partial charge >= 0.3 is 12.0 Å². The maximum atomic E-state index is 11.4. The van der Waals surface area contributed by atoms with Crippen LogP contribution in [0.2, 0.25) is 0 Å². The predicted molar refractivity (Wildman–Crippen MR) is 77.0 cm³/mol. The van der Waals surface area contributed by atoms with Crippen LogP contribution in [0.1, 0.15) is 12.5 Å². The lowest BCUT2D eigenvalue weighted by molar-refractivity contribution is -0.145. The van der Waals surface area contributed by atoms with E-state index in [9.17, 15) is 14.4 Å². The number of imide groups is 1. The molecule has 1 fully saturated rings. The zero-order valence-corrected chi connectivity index (χ0v) is 12.0. The number of rotatable bonds is 6. The number of urea groups is 1. The minimum Gasteiger partial charge on any atom is -0.482 e. The van der Waals surface area contributed by atoms with E-state index in [2.05, 4.69) is 10.6 Å². The Morgan fingerprint density at radius 3 is 2.77 bits per heavy atom. The topological polar surface area (TPSA) is 93.7 Å². The summed E-state index contributed by atoms with van der Waals surface area (Å²) in [6.07, 6.45) is 2.06. The number of hydrogen-bond donors (Lipinski definition) is 2. The van der Waals surface area contributed by atoms with Gasteiger partial charge in [0.1, 0.15) is 11.4 Å². The molecule has 0 aliphatic carbocycles. The van der Waals surface area contributed by atoms with Gasteiger partial charge in [0.05, 0.1) is 6.61 Å². The summed E-state index contributed by atoms with van der Waals surface area (Å²) in [6.45, 7) is 1.88. The van der Waals surface area contributed by atoms with Crippen molar-refractivity contribution in [3.8, 4) is 5.75 Å². The summed E-state index contributed by atoms with van der Waals surface area (Å²) in [6, 6.07) is 6.58. The highest BCUT2D eigenvalue weighted by molar-refractivity contribution is 6.11. The molecule has 0 unspecified atom stereocenters. The summed E-state index contributed by atoms with van der Waals surface area (Å²) in [4.78, 5) is 33.6. The number of carbonyl (C=O) groups is 3. The van der Waals surface area contributed by atoms with E-state index in [4.69, 9.17) is 9.47 Å². The minimum atomic E-state index is -0.525. The second-order valence-corrected chi connectivity index (χ2v) is 4.47. The van der Waals surface area contributed by atoms with Crippen LogP contribution < -0.4 is 15.4 Å². The zero-order chi connectivity index (χ0) is 15.9. The molecule has 116 valence electrons. The fourth-order valence-corrected chi connectivity index (χ4v) is 1.85. The summed E-state index contributed by atoms with van der Waals surface area (Å²) in [5.41, 5.74) is 1.10. The van der Waals surface area contributed by atoms with Crippen molar-refractivity contribution in [2.24, 2.45) is 0 Å². The van der Waals surface area contributed by atoms with Crippen molar-refractivity contribution in [1.82, 2.24) is 10.6 Å². The summed E-state index contributed by atoms with van der Waals surface area (Å²) >= 11 is 0. The van der Waals surface area contributed by atoms with E-state index in [-0.39, 0.29) is 12.3 Å². The normalized spacial score (nSPS) is 15.4. The molecule has 1 aromatic carbocycles. The van der Waals surface area contributed by atoms with Crippen molar-refractivity contribution in [2.75, 3.05) is 13.2 Å². The van der Waals surface area contributed by atoms with Gasteiger partial charge < -0.3 is 14.8 Å². The standard InChI is InChI=1S/C15H16N2O5/c1-2-21-13(18)9-22-11-5-3-4-10(8-11)6-7-12-14(19)17-15(20)16-12/h3-5,7-8H,2,6,9H2,1H3,(H2,16,17,19,20). The molecule has 1 aliphatic heterocycles. The highest BCUT2D eigenvalue weighted by atomic mass is 16.6. The van der Waals surface area contributed by atoms with Gasteiger partial charge in [-0.2, -0.15) is 0 Å². The number of carbonyl (C=O) groups excluding carboxylic acids is 3. The van der Waals surface area contributed by atoms with Gasteiger partial charge in [-0.3, -0.25) is 10.1 Å². The van der Waals surface area contributed by atoms with E-state index in [0.29, 0.717) is 18.8 Å². The molecule has 0 bridgehead atoms. The fraction of sp³-hybridized carbons (Fsp3) is 0.267. The second kappa shape index (κ2) is 7.26. The van der Waals surface area contributed by atoms with Crippen LogP contribution in [0.4, 0.5) is 4.79 Å². The third-order valence-electron chi connectivity index (χ3n) is 2.82. The fourth-order valence-electron chi connectivity index (χ4n) is 1.85. The van der Waals surface area contributed by atoms with Crippen LogP contribution in [0.3, 0.4) is 0 Å². The van der Waals surface area contributed by atoms with Gasteiger partial charge in [0, 0.05) is 0 Å². The van der Waals surface area contributed by atoms with Crippen molar-refractivity contribution >= 4 is 17.9 Å². The van der Waals surface area contributed by atoms with E-state index < -0.39 is 17.9 Å². The maximum absolute atomic E-state index is 11.4. The maximum Gasteiger partial charge on any atom is 0.344 e. The van der Waals surface area contributed by atoms with Gasteiger partial charge in [-0.05, 0) is 31.0 Å². The van der Waals surface area contributed by atoms with Crippen molar-refractivity contribution in [2.45, 2.75) is 13.3 Å². The highest BCUT2D eigenvalue weighted by Gasteiger charge is 2.22. The Kier molecular flexibility index (Phi) is 5.13. The van der Waals surface area contributed by atoms with Crippen molar-refractivity contribution in [1.29, 1.82) is 0 Å². The van der Waals surface area contributed by atoms with Crippen LogP contribution in [0.25, 0.3) is 0 Å². The van der Waals surface area contributed by atoms with Crippen molar-refractivity contribution in [3.05, 3.63) is 41.6 Å². The second-order valence-electron chi connectivity index (χ2n) is 4.47. The molecule has 22 heavy (non-hydrogen) atoms. The molecule has 0 spiro atoms. The number of hydrogen-bond acceptors (Lipinski definition) is 5. The predicted octanol–water partition coefficient (Wildman–Crippen LogP) is 0.894. The molecule has 7 heteroatoms. The Labute approximate surface area is 127 Å². The number of nitrogens with one attached hydrogen (secondary N) is 2. The molecule has 3 amide bonds. The first-order valence-corrected chi connectivity index (χ1v) is 6.78. The largest absolute Gasteiger partial charge is 0.482 e. The van der Waals surface area contributed by atoms with Crippen LogP contribution in [0.5, 0.6) is 5.75 Å². The SMILES string of the molecule is CCOC(=O)COc1cccc(CC=C2NC(=O)NC2=O)c1. The average Bonchev–Trinajstić information content (AvgIpc) is 2.82. The Morgan fingerprint density at radius 1 is 1.27 bits per heavy atom. The molecular weight excluding hydrogens is 288 g/mol. The molecule has 1 aliphatic rings. The molecule has 1 heterocycles. The van der Waals surface area contributed by atoms with Crippen LogP contribution in [0, 0.1) is 0 Å². The first kappa shape index (κ1) is 15.6. The van der Waals surface area contributed by atoms with Crippen LogP contribution in [-0.4, -0.2) is 31.1 Å². The van der Waals surface area contributed by atoms with E-state index >= 15 is 0 Å². The lowest BCUT2D eigenvalue weighted by Crippen LogP contribution is -2.22. The third kappa shape index (κ3) is 4.34. The summed E-state index contributed by atoms with van der Waals surface area (Å²) in [5.74, 6) is -0.344. The number of amides is 3. The van der Waals surface area contributed by atoms with E-state index in [0.717, 1.165) is 5.56 Å². The molecule has 0 radical (unpaired) electrons. The average molecular weight is 304 g/mol. The Bertz CT molecular complexity index is 624. The van der Waals surface area contributed by atoms with Gasteiger partial charge in [-0.15, -0.1) is 0 Å². The van der Waals surface area contributed by atoms with Crippen molar-refractivity contribution < 1.29 is 23.9 Å². The first-order chi connectivity index (χ1) is 10.6. The quantitative estimate of drug-likeness (QED) is 0.462. The van der Waals surface area contributed by atoms with Gasteiger partial charge in [0.25, 0.3) is 5.91 Å². The van der Waals surface area contributed by atoms with E-state index in [1.165, 1.54) is 0 Å². The molecule has 0 saturated carbocycles. The van der Waals surface area contributed by atoms with E-state index in [1.807, 2.05) is 6.07 Å². The van der Waals surface area contributed by atoms with Gasteiger partial charge in [-0.1, -0.05) is 18.2 Å². The Hall–Kier alpha value is -2.83. The molecule has 7 nitrogen and oxygen atoms in total. The number of ether oxygens (including phenoxy) is 2. The summed E-state index contributed by atoms with van der Waals surface area (Å²) < 4.78 is 10.1. The smallest absolute Gasteiger partial charge is 0.344 e. The van der Waals surface area contributed by atoms with Gasteiger partial charge in [0.2, 0.25) is 0 Å². The lowest BCUT2D eigenvalue weighted by Gasteiger charge is -2.07. The van der Waals surface area contributed by atoms with Crippen LogP contribution in [0.15, 0.2) is 36.0 Å². The molecule has 0 aromatic heterocycles. The molecule has 0 atom stereocenters. The van der Waals surface area contributed by atoms with Gasteiger partial charge in [-0.25, -0.2) is 9.59 Å². The Balaban J connectivity index is 1.94. The highest BCUT2D eigenvalue weighted by Crippen LogP contribution is 2.15. The lowest BCUT2D eigenvalue weighted by atomic mass is 10.1.